The standard InChI is InChI=1S/C31H35FN8O3S/c1-38-14-16-39(17-15-38)24-8-6-22(7-9-24)35-31-36-29-27(26(18-33-29)28(41)20-2-4-21(32)5-3-20)30(37-31)34-23-12-13-40(19-23)44(42,43)25-10-11-25/h2-9,18,23,25H,10-17,19H2,1H3,(H3,33,34,35,36,37)/t23-/m1/s1. The van der Waals surface area contributed by atoms with Crippen molar-refractivity contribution < 1.29 is 17.6 Å². The summed E-state index contributed by atoms with van der Waals surface area (Å²) in [7, 11) is -1.16. The van der Waals surface area contributed by atoms with Gasteiger partial charge in [-0.05, 0) is 74.8 Å². The fourth-order valence-corrected chi connectivity index (χ4v) is 7.83. The maximum Gasteiger partial charge on any atom is 0.231 e. The number of nitrogens with one attached hydrogen (secondary N) is 3. The van der Waals surface area contributed by atoms with Crippen LogP contribution in [0.15, 0.2) is 54.7 Å². The van der Waals surface area contributed by atoms with Crippen molar-refractivity contribution in [2.24, 2.45) is 0 Å². The zero-order valence-electron chi connectivity index (χ0n) is 24.5. The van der Waals surface area contributed by atoms with Crippen molar-refractivity contribution in [3.8, 4) is 0 Å². The number of aromatic amines is 1. The van der Waals surface area contributed by atoms with Crippen LogP contribution in [-0.4, -0.2) is 96.0 Å². The van der Waals surface area contributed by atoms with E-state index in [0.29, 0.717) is 66.3 Å². The van der Waals surface area contributed by atoms with E-state index in [1.165, 1.54) is 24.3 Å². The van der Waals surface area contributed by atoms with Crippen LogP contribution in [0.5, 0.6) is 0 Å². The minimum absolute atomic E-state index is 0.194. The molecule has 44 heavy (non-hydrogen) atoms. The lowest BCUT2D eigenvalue weighted by Crippen LogP contribution is -2.44. The molecule has 230 valence electrons. The summed E-state index contributed by atoms with van der Waals surface area (Å²) in [6.45, 7) is 4.76. The number of H-pyrrole nitrogens is 1. The number of carbonyl (C=O) groups excluding carboxylic acids is 1. The van der Waals surface area contributed by atoms with Gasteiger partial charge in [-0.3, -0.25) is 4.79 Å². The minimum Gasteiger partial charge on any atom is -0.369 e. The fourth-order valence-electron chi connectivity index (χ4n) is 5.93. The highest BCUT2D eigenvalue weighted by Gasteiger charge is 2.43. The van der Waals surface area contributed by atoms with E-state index >= 15 is 0 Å². The van der Waals surface area contributed by atoms with E-state index in [2.05, 4.69) is 49.6 Å². The summed E-state index contributed by atoms with van der Waals surface area (Å²) in [5.41, 5.74) is 3.10. The number of rotatable bonds is 9. The zero-order chi connectivity index (χ0) is 30.4. The largest absolute Gasteiger partial charge is 0.369 e. The molecule has 4 aromatic rings. The number of carbonyl (C=O) groups is 1. The number of hydrogen-bond acceptors (Lipinski definition) is 9. The number of ketones is 1. The first-order chi connectivity index (χ1) is 21.2. The highest BCUT2D eigenvalue weighted by Crippen LogP contribution is 2.34. The first kappa shape index (κ1) is 28.7. The van der Waals surface area contributed by atoms with Gasteiger partial charge in [-0.2, -0.15) is 14.3 Å². The molecule has 0 spiro atoms. The maximum atomic E-state index is 13.6. The van der Waals surface area contributed by atoms with Gasteiger partial charge >= 0.3 is 0 Å². The fraction of sp³-hybridized carbons (Fsp3) is 0.387. The maximum absolute atomic E-state index is 13.6. The second-order valence-corrected chi connectivity index (χ2v) is 14.1. The number of fused-ring (bicyclic) bond motifs is 1. The lowest BCUT2D eigenvalue weighted by Gasteiger charge is -2.34. The average molecular weight is 619 g/mol. The van der Waals surface area contributed by atoms with Crippen LogP contribution in [0.4, 0.5) is 27.5 Å². The number of piperazine rings is 1. The number of likely N-dealkylation sites (N-methyl/N-ethyl adjacent to an activating group) is 1. The monoisotopic (exact) mass is 618 g/mol. The van der Waals surface area contributed by atoms with Gasteiger partial charge in [-0.25, -0.2) is 12.8 Å². The van der Waals surface area contributed by atoms with Crippen molar-refractivity contribution >= 4 is 50.0 Å². The second-order valence-electron chi connectivity index (χ2n) is 11.9. The number of sulfonamides is 1. The van der Waals surface area contributed by atoms with Crippen molar-refractivity contribution in [2.45, 2.75) is 30.6 Å². The van der Waals surface area contributed by atoms with Crippen molar-refractivity contribution in [1.29, 1.82) is 0 Å². The van der Waals surface area contributed by atoms with Crippen molar-refractivity contribution in [1.82, 2.24) is 24.2 Å². The van der Waals surface area contributed by atoms with E-state index in [0.717, 1.165) is 37.6 Å². The Kier molecular flexibility index (Phi) is 7.47. The summed E-state index contributed by atoms with van der Waals surface area (Å²) in [6.07, 6.45) is 3.63. The molecule has 3 N–H and O–H groups in total. The molecular weight excluding hydrogens is 583 g/mol. The molecule has 0 radical (unpaired) electrons. The van der Waals surface area contributed by atoms with E-state index in [-0.39, 0.29) is 17.1 Å². The van der Waals surface area contributed by atoms with Crippen LogP contribution < -0.4 is 15.5 Å². The molecule has 11 nitrogen and oxygen atoms in total. The van der Waals surface area contributed by atoms with Crippen molar-refractivity contribution in [2.75, 3.05) is 61.8 Å². The van der Waals surface area contributed by atoms with Gasteiger partial charge < -0.3 is 25.4 Å². The van der Waals surface area contributed by atoms with Gasteiger partial charge in [0.05, 0.1) is 16.2 Å². The van der Waals surface area contributed by atoms with Crippen LogP contribution in [0, 0.1) is 5.82 Å². The van der Waals surface area contributed by atoms with Gasteiger partial charge in [0.2, 0.25) is 16.0 Å². The third kappa shape index (κ3) is 5.74. The normalized spacial score (nSPS) is 19.9. The van der Waals surface area contributed by atoms with Gasteiger partial charge in [0.25, 0.3) is 0 Å². The van der Waals surface area contributed by atoms with Crippen molar-refractivity contribution in [3.05, 3.63) is 71.7 Å². The molecular formula is C31H35FN8O3S. The number of benzene rings is 2. The molecule has 2 aromatic carbocycles. The second kappa shape index (κ2) is 11.5. The highest BCUT2D eigenvalue weighted by atomic mass is 32.2. The predicted octanol–water partition coefficient (Wildman–Crippen LogP) is 3.80. The number of hydrogen-bond donors (Lipinski definition) is 3. The van der Waals surface area contributed by atoms with Crippen LogP contribution in [0.25, 0.3) is 11.0 Å². The number of anilines is 4. The molecule has 13 heteroatoms. The molecule has 0 bridgehead atoms. The van der Waals surface area contributed by atoms with Gasteiger partial charge in [-0.1, -0.05) is 0 Å². The Bertz CT molecular complexity index is 1780. The Morgan fingerprint density at radius 3 is 2.39 bits per heavy atom. The van der Waals surface area contributed by atoms with E-state index in [1.54, 1.807) is 10.5 Å². The molecule has 1 atom stereocenters. The molecule has 1 saturated carbocycles. The third-order valence-corrected chi connectivity index (χ3v) is 11.0. The van der Waals surface area contributed by atoms with Crippen molar-refractivity contribution in [3.63, 3.8) is 0 Å². The Morgan fingerprint density at radius 2 is 1.68 bits per heavy atom. The molecule has 7 rings (SSSR count). The number of aromatic nitrogens is 3. The Balaban J connectivity index is 1.18. The van der Waals surface area contributed by atoms with E-state index in [4.69, 9.17) is 4.98 Å². The van der Waals surface area contributed by atoms with Gasteiger partial charge in [0, 0.05) is 68.4 Å². The van der Waals surface area contributed by atoms with E-state index in [9.17, 15) is 17.6 Å². The predicted molar refractivity (Wildman–Crippen MR) is 169 cm³/mol. The summed E-state index contributed by atoms with van der Waals surface area (Å²) in [5.74, 6) is 0.0298. The van der Waals surface area contributed by atoms with Crippen LogP contribution >= 0.6 is 0 Å². The van der Waals surface area contributed by atoms with Crippen LogP contribution in [0.2, 0.25) is 0 Å². The van der Waals surface area contributed by atoms with Gasteiger partial charge in [0.1, 0.15) is 17.3 Å². The molecule has 3 aliphatic rings. The zero-order valence-corrected chi connectivity index (χ0v) is 25.3. The lowest BCUT2D eigenvalue weighted by molar-refractivity contribution is 0.104. The van der Waals surface area contributed by atoms with Crippen LogP contribution in [-0.2, 0) is 10.0 Å². The Morgan fingerprint density at radius 1 is 0.955 bits per heavy atom. The molecule has 2 aromatic heterocycles. The minimum atomic E-state index is -3.30. The average Bonchev–Trinajstić information content (AvgIpc) is 3.64. The molecule has 4 heterocycles. The summed E-state index contributed by atoms with van der Waals surface area (Å²) in [6, 6.07) is 13.3. The summed E-state index contributed by atoms with van der Waals surface area (Å²) < 4.78 is 40.8. The SMILES string of the molecule is CN1CCN(c2ccc(Nc3nc(N[C@@H]4CCN(S(=O)(=O)C5CC5)C4)c4c(C(=O)c5ccc(F)cc5)c[nH]c4n3)cc2)CC1. The topological polar surface area (TPSA) is 127 Å². The smallest absolute Gasteiger partial charge is 0.231 e. The molecule has 2 saturated heterocycles. The summed E-state index contributed by atoms with van der Waals surface area (Å²) in [5, 5.41) is 6.95. The lowest BCUT2D eigenvalue weighted by atomic mass is 10.0. The first-order valence-electron chi connectivity index (χ1n) is 15.0. The molecule has 2 aliphatic heterocycles. The number of nitrogens with zero attached hydrogens (tertiary/aromatic N) is 5. The molecule has 0 amide bonds. The van der Waals surface area contributed by atoms with Crippen LogP contribution in [0.1, 0.15) is 35.2 Å². The van der Waals surface area contributed by atoms with Gasteiger partial charge in [0.15, 0.2) is 5.78 Å². The Hall–Kier alpha value is -4.07. The molecule has 0 unspecified atom stereocenters. The van der Waals surface area contributed by atoms with E-state index < -0.39 is 15.8 Å². The first-order valence-corrected chi connectivity index (χ1v) is 16.5. The highest BCUT2D eigenvalue weighted by molar-refractivity contribution is 7.90. The quantitative estimate of drug-likeness (QED) is 0.240. The summed E-state index contributed by atoms with van der Waals surface area (Å²) >= 11 is 0. The van der Waals surface area contributed by atoms with Crippen LogP contribution in [0.3, 0.4) is 0 Å². The Labute approximate surface area is 255 Å². The van der Waals surface area contributed by atoms with E-state index in [1.807, 2.05) is 12.1 Å². The number of halogens is 1. The molecule has 3 fully saturated rings. The van der Waals surface area contributed by atoms with Gasteiger partial charge in [-0.15, -0.1) is 0 Å². The molecule has 1 aliphatic carbocycles. The summed E-state index contributed by atoms with van der Waals surface area (Å²) in [4.78, 5) is 30.8. The third-order valence-electron chi connectivity index (χ3n) is 8.67.